The van der Waals surface area contributed by atoms with Crippen molar-refractivity contribution in [2.75, 3.05) is 0 Å². The molecule has 2 N–H and O–H groups in total. The van der Waals surface area contributed by atoms with E-state index in [1.807, 2.05) is 50.2 Å². The first kappa shape index (κ1) is 19.2. The van der Waals surface area contributed by atoms with Gasteiger partial charge >= 0.3 is 0 Å². The second-order valence-corrected chi connectivity index (χ2v) is 6.48. The van der Waals surface area contributed by atoms with E-state index in [9.17, 15) is 9.59 Å². The minimum atomic E-state index is -0.216. The smallest absolute Gasteiger partial charge is 0.251 e. The highest BCUT2D eigenvalue weighted by Crippen LogP contribution is 2.12. The predicted molar refractivity (Wildman–Crippen MR) is 107 cm³/mol. The van der Waals surface area contributed by atoms with Crippen molar-refractivity contribution in [3.63, 3.8) is 0 Å². The molecule has 0 aliphatic heterocycles. The van der Waals surface area contributed by atoms with Gasteiger partial charge in [-0.15, -0.1) is 0 Å². The molecule has 142 valence electrons. The second kappa shape index (κ2) is 8.90. The number of carbonyl (C=O) groups is 2. The minimum absolute atomic E-state index is 0.212. The topological polar surface area (TPSA) is 84.0 Å². The highest BCUT2D eigenvalue weighted by Gasteiger charge is 2.15. The lowest BCUT2D eigenvalue weighted by molar-refractivity contribution is 0.0927. The van der Waals surface area contributed by atoms with Crippen molar-refractivity contribution in [2.45, 2.75) is 25.9 Å². The van der Waals surface area contributed by atoms with Crippen molar-refractivity contribution >= 4 is 11.8 Å². The number of hydrogen-bond acceptors (Lipinski definition) is 4. The first-order valence-corrected chi connectivity index (χ1v) is 9.08. The van der Waals surface area contributed by atoms with Crippen molar-refractivity contribution in [2.24, 2.45) is 0 Å². The summed E-state index contributed by atoms with van der Waals surface area (Å²) >= 11 is 0. The molecule has 3 aromatic rings. The molecule has 2 amide bonds. The molecule has 6 nitrogen and oxygen atoms in total. The summed E-state index contributed by atoms with van der Waals surface area (Å²) in [5, 5.41) is 5.81. The molecule has 6 heteroatoms. The van der Waals surface area contributed by atoms with Gasteiger partial charge in [0.1, 0.15) is 0 Å². The molecule has 3 rings (SSSR count). The molecule has 2 aromatic heterocycles. The molecule has 2 heterocycles. The molecule has 2 atom stereocenters. The second-order valence-electron chi connectivity index (χ2n) is 6.48. The van der Waals surface area contributed by atoms with Crippen LogP contribution >= 0.6 is 0 Å². The Morgan fingerprint density at radius 2 is 1.07 bits per heavy atom. The first-order chi connectivity index (χ1) is 13.5. The Kier molecular flexibility index (Phi) is 6.11. The normalized spacial score (nSPS) is 12.6. The van der Waals surface area contributed by atoms with Crippen LogP contribution in [0.15, 0.2) is 73.1 Å². The molecule has 1 aromatic carbocycles. The highest BCUT2D eigenvalue weighted by atomic mass is 16.2. The Bertz CT molecular complexity index is 849. The van der Waals surface area contributed by atoms with Crippen LogP contribution in [0.25, 0.3) is 0 Å². The minimum Gasteiger partial charge on any atom is -0.344 e. The lowest BCUT2D eigenvalue weighted by atomic mass is 10.1. The van der Waals surface area contributed by atoms with Gasteiger partial charge in [-0.3, -0.25) is 19.6 Å². The Balaban J connectivity index is 1.61. The number of aromatic nitrogens is 2. The summed E-state index contributed by atoms with van der Waals surface area (Å²) in [6, 6.07) is 17.3. The average molecular weight is 374 g/mol. The van der Waals surface area contributed by atoms with Gasteiger partial charge in [0.2, 0.25) is 0 Å². The number of carbonyl (C=O) groups excluding carboxylic acids is 2. The maximum absolute atomic E-state index is 12.4. The van der Waals surface area contributed by atoms with Crippen molar-refractivity contribution in [1.29, 1.82) is 0 Å². The van der Waals surface area contributed by atoms with Gasteiger partial charge < -0.3 is 10.6 Å². The zero-order valence-corrected chi connectivity index (χ0v) is 15.8. The number of pyridine rings is 2. The maximum Gasteiger partial charge on any atom is 0.251 e. The standard InChI is InChI=1S/C22H22N4O2/c1-15(19-7-3-5-13-23-19)25-21(27)17-9-11-18(12-10-17)22(28)26-16(2)20-8-4-6-14-24-20/h3-16H,1-2H3,(H,25,27)(H,26,28). The van der Waals surface area contributed by atoms with E-state index in [0.29, 0.717) is 11.1 Å². The van der Waals surface area contributed by atoms with E-state index in [4.69, 9.17) is 0 Å². The summed E-state index contributed by atoms with van der Waals surface area (Å²) in [7, 11) is 0. The number of benzene rings is 1. The predicted octanol–water partition coefficient (Wildman–Crippen LogP) is 3.46. The lowest BCUT2D eigenvalue weighted by Crippen LogP contribution is -2.28. The molecule has 2 unspecified atom stereocenters. The summed E-state index contributed by atoms with van der Waals surface area (Å²) in [5.74, 6) is -0.432. The first-order valence-electron chi connectivity index (χ1n) is 9.08. The van der Waals surface area contributed by atoms with Crippen LogP contribution < -0.4 is 10.6 Å². The molecule has 0 spiro atoms. The van der Waals surface area contributed by atoms with E-state index in [1.165, 1.54) is 0 Å². The van der Waals surface area contributed by atoms with Crippen molar-refractivity contribution < 1.29 is 9.59 Å². The third-order valence-corrected chi connectivity index (χ3v) is 4.37. The number of rotatable bonds is 6. The van der Waals surface area contributed by atoms with Crippen molar-refractivity contribution in [3.8, 4) is 0 Å². The molecule has 0 aliphatic carbocycles. The lowest BCUT2D eigenvalue weighted by Gasteiger charge is -2.14. The monoisotopic (exact) mass is 374 g/mol. The molecular weight excluding hydrogens is 352 g/mol. The molecule has 0 radical (unpaired) electrons. The van der Waals surface area contributed by atoms with Crippen LogP contribution in [-0.2, 0) is 0 Å². The van der Waals surface area contributed by atoms with Crippen LogP contribution in [0.5, 0.6) is 0 Å². The van der Waals surface area contributed by atoms with Crippen LogP contribution in [0.3, 0.4) is 0 Å². The Hall–Kier alpha value is -3.54. The van der Waals surface area contributed by atoms with E-state index >= 15 is 0 Å². The zero-order chi connectivity index (χ0) is 19.9. The Labute approximate surface area is 164 Å². The Morgan fingerprint density at radius 3 is 1.39 bits per heavy atom. The zero-order valence-electron chi connectivity index (χ0n) is 15.8. The Morgan fingerprint density at radius 1 is 0.679 bits per heavy atom. The fourth-order valence-electron chi connectivity index (χ4n) is 2.75. The van der Waals surface area contributed by atoms with Crippen LogP contribution in [0.1, 0.15) is 58.0 Å². The fraction of sp³-hybridized carbons (Fsp3) is 0.182. The molecule has 0 saturated carbocycles. The number of amides is 2. The van der Waals surface area contributed by atoms with E-state index in [0.717, 1.165) is 11.4 Å². The third kappa shape index (κ3) is 4.79. The summed E-state index contributed by atoms with van der Waals surface area (Å²) in [5.41, 5.74) is 2.54. The molecule has 0 bridgehead atoms. The molecule has 0 saturated heterocycles. The summed E-state index contributed by atoms with van der Waals surface area (Å²) in [4.78, 5) is 33.3. The molecule has 28 heavy (non-hydrogen) atoms. The van der Waals surface area contributed by atoms with Crippen LogP contribution in [0.2, 0.25) is 0 Å². The van der Waals surface area contributed by atoms with Gasteiger partial charge in [0.05, 0.1) is 23.5 Å². The molecule has 0 aliphatic rings. The van der Waals surface area contributed by atoms with Gasteiger partial charge in [0, 0.05) is 23.5 Å². The van der Waals surface area contributed by atoms with Crippen molar-refractivity contribution in [1.82, 2.24) is 20.6 Å². The van der Waals surface area contributed by atoms with Gasteiger partial charge in [-0.2, -0.15) is 0 Å². The van der Waals surface area contributed by atoms with Crippen LogP contribution in [0.4, 0.5) is 0 Å². The number of nitrogens with zero attached hydrogens (tertiary/aromatic N) is 2. The average Bonchev–Trinajstić information content (AvgIpc) is 2.75. The largest absolute Gasteiger partial charge is 0.344 e. The van der Waals surface area contributed by atoms with Crippen molar-refractivity contribution in [3.05, 3.63) is 95.6 Å². The number of hydrogen-bond donors (Lipinski definition) is 2. The SMILES string of the molecule is CC(NC(=O)c1ccc(C(=O)NC(C)c2ccccn2)cc1)c1ccccn1. The maximum atomic E-state index is 12.4. The molecule has 0 fully saturated rings. The number of nitrogens with one attached hydrogen (secondary N) is 2. The van der Waals surface area contributed by atoms with E-state index < -0.39 is 0 Å². The van der Waals surface area contributed by atoms with Crippen LogP contribution in [0, 0.1) is 0 Å². The highest BCUT2D eigenvalue weighted by molar-refractivity contribution is 5.98. The van der Waals surface area contributed by atoms with Crippen LogP contribution in [-0.4, -0.2) is 21.8 Å². The quantitative estimate of drug-likeness (QED) is 0.692. The summed E-state index contributed by atoms with van der Waals surface area (Å²) in [6.45, 7) is 3.75. The van der Waals surface area contributed by atoms with E-state index in [2.05, 4.69) is 20.6 Å². The van der Waals surface area contributed by atoms with Gasteiger partial charge in [0.15, 0.2) is 0 Å². The van der Waals surface area contributed by atoms with Gasteiger partial charge in [-0.1, -0.05) is 12.1 Å². The van der Waals surface area contributed by atoms with Gasteiger partial charge in [-0.25, -0.2) is 0 Å². The summed E-state index contributed by atoms with van der Waals surface area (Å²) in [6.07, 6.45) is 3.38. The summed E-state index contributed by atoms with van der Waals surface area (Å²) < 4.78 is 0. The van der Waals surface area contributed by atoms with Gasteiger partial charge in [-0.05, 0) is 62.4 Å². The van der Waals surface area contributed by atoms with Gasteiger partial charge in [0.25, 0.3) is 11.8 Å². The fourth-order valence-corrected chi connectivity index (χ4v) is 2.75. The van der Waals surface area contributed by atoms with E-state index in [1.54, 1.807) is 36.7 Å². The molecular formula is C22H22N4O2. The third-order valence-electron chi connectivity index (χ3n) is 4.37. The van der Waals surface area contributed by atoms with E-state index in [-0.39, 0.29) is 23.9 Å².